The van der Waals surface area contributed by atoms with Crippen molar-refractivity contribution in [1.29, 1.82) is 0 Å². The lowest BCUT2D eigenvalue weighted by Gasteiger charge is -2.20. The molecule has 0 saturated heterocycles. The number of hydrogen-bond acceptors (Lipinski definition) is 0. The van der Waals surface area contributed by atoms with Crippen molar-refractivity contribution < 1.29 is 0 Å². The zero-order chi connectivity index (χ0) is 7.78. The standard InChI is InChI=1S/C9H13Br/c1-9(2,3)7-5-4-6-8(7)10/h4,6H,5H2,1-3H3. The topological polar surface area (TPSA) is 0 Å². The molecule has 1 rings (SSSR count). The Hall–Kier alpha value is -0.0400. The summed E-state index contributed by atoms with van der Waals surface area (Å²) in [7, 11) is 0. The second kappa shape index (κ2) is 2.54. The highest BCUT2D eigenvalue weighted by Gasteiger charge is 2.20. The Bertz CT molecular complexity index is 191. The average Bonchev–Trinajstić information content (AvgIpc) is 2.11. The lowest BCUT2D eigenvalue weighted by Crippen LogP contribution is -2.08. The van der Waals surface area contributed by atoms with E-state index in [1.54, 1.807) is 0 Å². The Morgan fingerprint density at radius 1 is 1.40 bits per heavy atom. The summed E-state index contributed by atoms with van der Waals surface area (Å²) in [5.74, 6) is 0. The van der Waals surface area contributed by atoms with Gasteiger partial charge in [-0.1, -0.05) is 48.9 Å². The van der Waals surface area contributed by atoms with Crippen LogP contribution in [-0.4, -0.2) is 0 Å². The van der Waals surface area contributed by atoms with Crippen molar-refractivity contribution in [2.24, 2.45) is 5.41 Å². The van der Waals surface area contributed by atoms with Gasteiger partial charge in [0.1, 0.15) is 0 Å². The van der Waals surface area contributed by atoms with Crippen LogP contribution in [0.1, 0.15) is 27.2 Å². The van der Waals surface area contributed by atoms with Crippen LogP contribution in [0.4, 0.5) is 0 Å². The summed E-state index contributed by atoms with van der Waals surface area (Å²) in [5, 5.41) is 0. The summed E-state index contributed by atoms with van der Waals surface area (Å²) in [6.07, 6.45) is 5.45. The van der Waals surface area contributed by atoms with Gasteiger partial charge in [0.2, 0.25) is 0 Å². The Morgan fingerprint density at radius 2 is 2.00 bits per heavy atom. The predicted molar refractivity (Wildman–Crippen MR) is 49.2 cm³/mol. The van der Waals surface area contributed by atoms with Crippen molar-refractivity contribution in [3.05, 3.63) is 22.2 Å². The highest BCUT2D eigenvalue weighted by Crippen LogP contribution is 2.37. The molecule has 0 radical (unpaired) electrons. The number of rotatable bonds is 0. The Kier molecular flexibility index (Phi) is 2.04. The van der Waals surface area contributed by atoms with Crippen molar-refractivity contribution in [2.45, 2.75) is 27.2 Å². The Morgan fingerprint density at radius 3 is 2.20 bits per heavy atom. The smallest absolute Gasteiger partial charge is 0.0172 e. The van der Waals surface area contributed by atoms with Crippen LogP contribution in [-0.2, 0) is 0 Å². The number of allylic oxidation sites excluding steroid dienone is 4. The predicted octanol–water partition coefficient (Wildman–Crippen LogP) is 3.64. The molecule has 0 saturated carbocycles. The minimum absolute atomic E-state index is 0.322. The van der Waals surface area contributed by atoms with E-state index < -0.39 is 0 Å². The van der Waals surface area contributed by atoms with Crippen LogP contribution >= 0.6 is 15.9 Å². The highest BCUT2D eigenvalue weighted by atomic mass is 79.9. The van der Waals surface area contributed by atoms with E-state index in [9.17, 15) is 0 Å². The van der Waals surface area contributed by atoms with E-state index in [-0.39, 0.29) is 0 Å². The minimum Gasteiger partial charge on any atom is -0.0793 e. The molecule has 0 aromatic carbocycles. The summed E-state index contributed by atoms with van der Waals surface area (Å²) < 4.78 is 1.28. The molecule has 0 aromatic heterocycles. The molecule has 56 valence electrons. The average molecular weight is 201 g/mol. The molecule has 0 bridgehead atoms. The van der Waals surface area contributed by atoms with E-state index in [4.69, 9.17) is 0 Å². The Labute approximate surface area is 71.1 Å². The van der Waals surface area contributed by atoms with E-state index in [1.165, 1.54) is 10.1 Å². The molecule has 0 spiro atoms. The van der Waals surface area contributed by atoms with Crippen LogP contribution in [0.3, 0.4) is 0 Å². The van der Waals surface area contributed by atoms with Crippen LogP contribution in [0.25, 0.3) is 0 Å². The third kappa shape index (κ3) is 1.51. The molecule has 0 atom stereocenters. The van der Waals surface area contributed by atoms with E-state index in [1.807, 2.05) is 0 Å². The van der Waals surface area contributed by atoms with Gasteiger partial charge in [-0.2, -0.15) is 0 Å². The molecule has 1 aliphatic carbocycles. The van der Waals surface area contributed by atoms with Gasteiger partial charge in [-0.05, 0) is 17.4 Å². The van der Waals surface area contributed by atoms with Gasteiger partial charge in [0, 0.05) is 4.48 Å². The van der Waals surface area contributed by atoms with Crippen LogP contribution in [0.2, 0.25) is 0 Å². The zero-order valence-corrected chi connectivity index (χ0v) is 8.33. The van der Waals surface area contributed by atoms with Crippen LogP contribution in [0, 0.1) is 5.41 Å². The van der Waals surface area contributed by atoms with Crippen molar-refractivity contribution in [3.8, 4) is 0 Å². The van der Waals surface area contributed by atoms with Crippen molar-refractivity contribution in [1.82, 2.24) is 0 Å². The first-order valence-electron chi connectivity index (χ1n) is 3.57. The van der Waals surface area contributed by atoms with Crippen LogP contribution in [0.15, 0.2) is 22.2 Å². The Balaban J connectivity index is 2.86. The highest BCUT2D eigenvalue weighted by molar-refractivity contribution is 9.11. The monoisotopic (exact) mass is 200 g/mol. The molecule has 0 aromatic rings. The van der Waals surface area contributed by atoms with E-state index in [0.717, 1.165) is 6.42 Å². The van der Waals surface area contributed by atoms with E-state index >= 15 is 0 Å². The van der Waals surface area contributed by atoms with Crippen LogP contribution < -0.4 is 0 Å². The molecule has 0 amide bonds. The maximum Gasteiger partial charge on any atom is 0.0172 e. The van der Waals surface area contributed by atoms with Gasteiger partial charge in [-0.15, -0.1) is 0 Å². The maximum atomic E-state index is 3.53. The minimum atomic E-state index is 0.322. The summed E-state index contributed by atoms with van der Waals surface area (Å²) in [5.41, 5.74) is 1.83. The van der Waals surface area contributed by atoms with Crippen molar-refractivity contribution >= 4 is 15.9 Å². The molecule has 0 unspecified atom stereocenters. The molecular weight excluding hydrogens is 188 g/mol. The molecule has 0 N–H and O–H groups in total. The first-order chi connectivity index (χ1) is 4.52. The second-order valence-corrected chi connectivity index (χ2v) is 4.54. The third-order valence-electron chi connectivity index (χ3n) is 1.78. The van der Waals surface area contributed by atoms with Gasteiger partial charge in [-0.25, -0.2) is 0 Å². The van der Waals surface area contributed by atoms with Crippen molar-refractivity contribution in [3.63, 3.8) is 0 Å². The number of hydrogen-bond donors (Lipinski definition) is 0. The molecule has 0 heterocycles. The molecule has 0 nitrogen and oxygen atoms in total. The summed E-state index contributed by atoms with van der Waals surface area (Å²) in [6.45, 7) is 6.74. The van der Waals surface area contributed by atoms with E-state index in [0.29, 0.717) is 5.41 Å². The lowest BCUT2D eigenvalue weighted by molar-refractivity contribution is 0.496. The quantitative estimate of drug-likeness (QED) is 0.561. The molecule has 10 heavy (non-hydrogen) atoms. The van der Waals surface area contributed by atoms with Gasteiger partial charge in [0.15, 0.2) is 0 Å². The van der Waals surface area contributed by atoms with Gasteiger partial charge in [0.25, 0.3) is 0 Å². The van der Waals surface area contributed by atoms with E-state index in [2.05, 4.69) is 48.9 Å². The molecule has 1 heteroatoms. The largest absolute Gasteiger partial charge is 0.0793 e. The summed E-state index contributed by atoms with van der Waals surface area (Å²) in [6, 6.07) is 0. The fourth-order valence-corrected chi connectivity index (χ4v) is 2.09. The molecular formula is C9H13Br. The van der Waals surface area contributed by atoms with Gasteiger partial charge < -0.3 is 0 Å². The number of halogens is 1. The van der Waals surface area contributed by atoms with Gasteiger partial charge in [0.05, 0.1) is 0 Å². The molecule has 0 fully saturated rings. The third-order valence-corrected chi connectivity index (χ3v) is 2.52. The maximum absolute atomic E-state index is 3.53. The second-order valence-electron chi connectivity index (χ2n) is 3.68. The normalized spacial score (nSPS) is 18.8. The summed E-state index contributed by atoms with van der Waals surface area (Å²) in [4.78, 5) is 0. The lowest BCUT2D eigenvalue weighted by atomic mass is 9.86. The first kappa shape index (κ1) is 8.06. The first-order valence-corrected chi connectivity index (χ1v) is 4.37. The SMILES string of the molecule is CC(C)(C)C1=C(Br)C=CC1. The van der Waals surface area contributed by atoms with Crippen LogP contribution in [0.5, 0.6) is 0 Å². The zero-order valence-electron chi connectivity index (χ0n) is 6.74. The molecule has 1 aliphatic rings. The van der Waals surface area contributed by atoms with Gasteiger partial charge >= 0.3 is 0 Å². The summed E-state index contributed by atoms with van der Waals surface area (Å²) >= 11 is 3.53. The van der Waals surface area contributed by atoms with Crippen molar-refractivity contribution in [2.75, 3.05) is 0 Å². The van der Waals surface area contributed by atoms with Gasteiger partial charge in [-0.3, -0.25) is 0 Å². The fourth-order valence-electron chi connectivity index (χ4n) is 1.14. The molecule has 0 aliphatic heterocycles. The fraction of sp³-hybridized carbons (Fsp3) is 0.556.